The molecule has 1 saturated heterocycles. The summed E-state index contributed by atoms with van der Waals surface area (Å²) >= 11 is 0. The van der Waals surface area contributed by atoms with Gasteiger partial charge in [0.15, 0.2) is 0 Å². The topological polar surface area (TPSA) is 86.3 Å². The van der Waals surface area contributed by atoms with Crippen LogP contribution in [0.2, 0.25) is 0 Å². The van der Waals surface area contributed by atoms with Crippen LogP contribution >= 0.6 is 0 Å². The maximum Gasteiger partial charge on any atom is 0.253 e. The highest BCUT2D eigenvalue weighted by atomic mass is 16.5. The first-order chi connectivity index (χ1) is 15.5. The van der Waals surface area contributed by atoms with Gasteiger partial charge in [-0.2, -0.15) is 0 Å². The van der Waals surface area contributed by atoms with Gasteiger partial charge in [0.05, 0.1) is 33.9 Å². The molecule has 0 saturated carbocycles. The van der Waals surface area contributed by atoms with E-state index < -0.39 is 5.92 Å². The van der Waals surface area contributed by atoms with Crippen molar-refractivity contribution >= 4 is 11.8 Å². The smallest absolute Gasteiger partial charge is 0.253 e. The van der Waals surface area contributed by atoms with E-state index >= 15 is 0 Å². The highest BCUT2D eigenvalue weighted by Gasteiger charge is 2.41. The highest BCUT2D eigenvalue weighted by molar-refractivity contribution is 5.95. The first-order valence-electron chi connectivity index (χ1n) is 10.4. The highest BCUT2D eigenvalue weighted by Crippen LogP contribution is 2.39. The summed E-state index contributed by atoms with van der Waals surface area (Å²) < 4.78 is 21.1. The van der Waals surface area contributed by atoms with Gasteiger partial charge in [0.1, 0.15) is 17.2 Å². The van der Waals surface area contributed by atoms with E-state index in [0.717, 1.165) is 5.56 Å². The molecule has 1 N–H and O–H groups in total. The fourth-order valence-electron chi connectivity index (χ4n) is 4.00. The van der Waals surface area contributed by atoms with Crippen LogP contribution in [0.15, 0.2) is 42.5 Å². The number of benzene rings is 2. The lowest BCUT2D eigenvalue weighted by Gasteiger charge is -2.21. The van der Waals surface area contributed by atoms with E-state index in [4.69, 9.17) is 18.9 Å². The molecule has 1 aliphatic rings. The zero-order valence-corrected chi connectivity index (χ0v) is 18.9. The van der Waals surface area contributed by atoms with Crippen molar-refractivity contribution < 1.29 is 28.5 Å². The summed E-state index contributed by atoms with van der Waals surface area (Å²) in [7, 11) is 6.34. The van der Waals surface area contributed by atoms with Crippen LogP contribution in [0.3, 0.4) is 0 Å². The Balaban J connectivity index is 1.88. The molecule has 0 radical (unpaired) electrons. The molecule has 0 aromatic heterocycles. The number of rotatable bonds is 9. The van der Waals surface area contributed by atoms with Crippen LogP contribution in [0.4, 0.5) is 0 Å². The van der Waals surface area contributed by atoms with Gasteiger partial charge in [0.25, 0.3) is 5.91 Å². The summed E-state index contributed by atoms with van der Waals surface area (Å²) in [5.41, 5.74) is 1.41. The quantitative estimate of drug-likeness (QED) is 0.600. The molecule has 2 aromatic rings. The monoisotopic (exact) mass is 442 g/mol. The van der Waals surface area contributed by atoms with E-state index in [0.29, 0.717) is 49.1 Å². The normalized spacial score (nSPS) is 17.7. The fourth-order valence-corrected chi connectivity index (χ4v) is 4.00. The van der Waals surface area contributed by atoms with Crippen LogP contribution in [0.5, 0.6) is 17.2 Å². The van der Waals surface area contributed by atoms with Gasteiger partial charge in [0.2, 0.25) is 5.91 Å². The van der Waals surface area contributed by atoms with Crippen LogP contribution < -0.4 is 19.5 Å². The van der Waals surface area contributed by atoms with Crippen LogP contribution in [0.1, 0.15) is 21.8 Å². The third-order valence-corrected chi connectivity index (χ3v) is 5.73. The first kappa shape index (κ1) is 23.4. The molecule has 1 fully saturated rings. The number of hydrogen-bond acceptors (Lipinski definition) is 6. The Morgan fingerprint density at radius 2 is 1.62 bits per heavy atom. The molecular formula is C24H30N2O6. The Bertz CT molecular complexity index is 931. The van der Waals surface area contributed by atoms with E-state index in [-0.39, 0.29) is 17.7 Å². The first-order valence-corrected chi connectivity index (χ1v) is 10.4. The molecule has 8 heteroatoms. The van der Waals surface area contributed by atoms with Gasteiger partial charge < -0.3 is 29.2 Å². The summed E-state index contributed by atoms with van der Waals surface area (Å²) in [5.74, 6) is 1.09. The third kappa shape index (κ3) is 5.13. The fraction of sp³-hybridized carbons (Fsp3) is 0.417. The van der Waals surface area contributed by atoms with Crippen LogP contribution in [0, 0.1) is 5.92 Å². The van der Waals surface area contributed by atoms with Gasteiger partial charge in [-0.05, 0) is 30.3 Å². The molecule has 172 valence electrons. The van der Waals surface area contributed by atoms with Gasteiger partial charge in [-0.15, -0.1) is 0 Å². The molecule has 0 aliphatic carbocycles. The average molecular weight is 443 g/mol. The number of likely N-dealkylation sites (tertiary alicyclic amines) is 1. The Morgan fingerprint density at radius 3 is 2.25 bits per heavy atom. The standard InChI is InChI=1S/C24H30N2O6/c1-29-12-11-25-23(27)21-15-26(24(28)16-5-7-17(30-2)8-6-16)14-20(21)19-10-9-18(31-3)13-22(19)32-4/h5-10,13,20-21H,11-12,14-15H2,1-4H3,(H,25,27)/t20-,21+/m1/s1. The Kier molecular flexibility index (Phi) is 7.94. The van der Waals surface area contributed by atoms with Gasteiger partial charge >= 0.3 is 0 Å². The molecular weight excluding hydrogens is 412 g/mol. The third-order valence-electron chi connectivity index (χ3n) is 5.73. The average Bonchev–Trinajstić information content (AvgIpc) is 3.28. The maximum absolute atomic E-state index is 13.2. The molecule has 0 spiro atoms. The summed E-state index contributed by atoms with van der Waals surface area (Å²) in [6, 6.07) is 12.5. The van der Waals surface area contributed by atoms with E-state index in [1.165, 1.54) is 0 Å². The summed E-state index contributed by atoms with van der Waals surface area (Å²) in [6.07, 6.45) is 0. The maximum atomic E-state index is 13.2. The van der Waals surface area contributed by atoms with Crippen LogP contribution in [-0.2, 0) is 9.53 Å². The lowest BCUT2D eigenvalue weighted by atomic mass is 9.87. The van der Waals surface area contributed by atoms with Crippen molar-refractivity contribution in [3.05, 3.63) is 53.6 Å². The summed E-state index contributed by atoms with van der Waals surface area (Å²) in [5, 5.41) is 2.92. The zero-order chi connectivity index (χ0) is 23.1. The number of carbonyl (C=O) groups excluding carboxylic acids is 2. The molecule has 1 heterocycles. The van der Waals surface area contributed by atoms with Crippen molar-refractivity contribution in [2.45, 2.75) is 5.92 Å². The molecule has 3 rings (SSSR count). The van der Waals surface area contributed by atoms with E-state index in [9.17, 15) is 9.59 Å². The van der Waals surface area contributed by atoms with Crippen molar-refractivity contribution in [3.8, 4) is 17.2 Å². The van der Waals surface area contributed by atoms with Gasteiger partial charge in [0, 0.05) is 49.9 Å². The Morgan fingerprint density at radius 1 is 0.938 bits per heavy atom. The molecule has 8 nitrogen and oxygen atoms in total. The summed E-state index contributed by atoms with van der Waals surface area (Å²) in [4.78, 5) is 27.9. The number of methoxy groups -OCH3 is 4. The lowest BCUT2D eigenvalue weighted by molar-refractivity contribution is -0.125. The van der Waals surface area contributed by atoms with Crippen LogP contribution in [0.25, 0.3) is 0 Å². The lowest BCUT2D eigenvalue weighted by Crippen LogP contribution is -2.37. The molecule has 2 amide bonds. The predicted octanol–water partition coefficient (Wildman–Crippen LogP) is 2.33. The van der Waals surface area contributed by atoms with Gasteiger partial charge in [-0.1, -0.05) is 6.07 Å². The van der Waals surface area contributed by atoms with Crippen LogP contribution in [-0.4, -0.2) is 71.4 Å². The van der Waals surface area contributed by atoms with Crippen molar-refractivity contribution in [2.75, 3.05) is 54.7 Å². The molecule has 2 atom stereocenters. The molecule has 2 aromatic carbocycles. The van der Waals surface area contributed by atoms with Crippen molar-refractivity contribution in [1.29, 1.82) is 0 Å². The van der Waals surface area contributed by atoms with Gasteiger partial charge in [-0.3, -0.25) is 9.59 Å². The van der Waals surface area contributed by atoms with Gasteiger partial charge in [-0.25, -0.2) is 0 Å². The second-order valence-corrected chi connectivity index (χ2v) is 7.54. The largest absolute Gasteiger partial charge is 0.497 e. The number of nitrogens with zero attached hydrogens (tertiary/aromatic N) is 1. The van der Waals surface area contributed by atoms with E-state index in [1.807, 2.05) is 12.1 Å². The Hall–Kier alpha value is -3.26. The molecule has 0 unspecified atom stereocenters. The van der Waals surface area contributed by atoms with E-state index in [1.54, 1.807) is 63.7 Å². The zero-order valence-electron chi connectivity index (χ0n) is 18.9. The van der Waals surface area contributed by atoms with E-state index in [2.05, 4.69) is 5.32 Å². The minimum Gasteiger partial charge on any atom is -0.497 e. The minimum absolute atomic E-state index is 0.116. The number of ether oxygens (including phenoxy) is 4. The SMILES string of the molecule is COCCNC(=O)[C@H]1CN(C(=O)c2ccc(OC)cc2)C[C@@H]1c1ccc(OC)cc1OC. The molecule has 1 aliphatic heterocycles. The van der Waals surface area contributed by atoms with Crippen molar-refractivity contribution in [1.82, 2.24) is 10.2 Å². The second-order valence-electron chi connectivity index (χ2n) is 7.54. The number of nitrogens with one attached hydrogen (secondary N) is 1. The minimum atomic E-state index is -0.420. The number of carbonyl (C=O) groups is 2. The number of hydrogen-bond donors (Lipinski definition) is 1. The number of amides is 2. The van der Waals surface area contributed by atoms with Crippen molar-refractivity contribution in [2.24, 2.45) is 5.92 Å². The predicted molar refractivity (Wildman–Crippen MR) is 120 cm³/mol. The summed E-state index contributed by atoms with van der Waals surface area (Å²) in [6.45, 7) is 1.54. The molecule has 32 heavy (non-hydrogen) atoms. The molecule has 0 bridgehead atoms. The Labute approximate surface area is 188 Å². The van der Waals surface area contributed by atoms with Crippen molar-refractivity contribution in [3.63, 3.8) is 0 Å². The second kappa shape index (κ2) is 10.9.